The standard InChI is InChI=1S/C32H22F4N4S2/c33-23-9-1-19(2-10-23)27-28(20-3-11-24(34)12-4-20)38-31(37-27)41-17-18-42-32-39-29(21-5-13-25(35)14-6-21)30(40-32)22-7-15-26(36)16-8-22/h1-16H,17-18H2,(H,37,38)(H,39,40). The largest absolute Gasteiger partial charge is 0.332 e. The molecule has 6 rings (SSSR count). The molecule has 0 unspecified atom stereocenters. The fourth-order valence-corrected chi connectivity index (χ4v) is 6.11. The Kier molecular flexibility index (Phi) is 8.16. The SMILES string of the molecule is Fc1ccc(-c2nc(SCCSc3nc(-c4ccc(F)cc4)c(-c4ccc(F)cc4)[nH]3)[nH]c2-c2ccc(F)cc2)cc1. The normalized spacial score (nSPS) is 11.2. The lowest BCUT2D eigenvalue weighted by molar-refractivity contribution is 0.627. The van der Waals surface area contributed by atoms with Gasteiger partial charge in [0.15, 0.2) is 10.3 Å². The van der Waals surface area contributed by atoms with Crippen LogP contribution >= 0.6 is 23.5 Å². The predicted octanol–water partition coefficient (Wildman–Crippen LogP) is 9.24. The maximum Gasteiger partial charge on any atom is 0.166 e. The second kappa shape index (κ2) is 12.3. The van der Waals surface area contributed by atoms with Crippen LogP contribution in [0.1, 0.15) is 0 Å². The molecule has 2 heterocycles. The predicted molar refractivity (Wildman–Crippen MR) is 160 cm³/mol. The van der Waals surface area contributed by atoms with Crippen LogP contribution in [0.5, 0.6) is 0 Å². The highest BCUT2D eigenvalue weighted by atomic mass is 32.2. The van der Waals surface area contributed by atoms with Crippen LogP contribution in [0.3, 0.4) is 0 Å². The summed E-state index contributed by atoms with van der Waals surface area (Å²) in [6.45, 7) is 0. The van der Waals surface area contributed by atoms with Crippen molar-refractivity contribution < 1.29 is 17.6 Å². The molecule has 0 fully saturated rings. The third-order valence-corrected chi connectivity index (χ3v) is 8.43. The first kappa shape index (κ1) is 27.9. The molecule has 210 valence electrons. The summed E-state index contributed by atoms with van der Waals surface area (Å²) >= 11 is 3.03. The van der Waals surface area contributed by atoms with E-state index < -0.39 is 0 Å². The molecular weight excluding hydrogens is 581 g/mol. The van der Waals surface area contributed by atoms with E-state index in [1.54, 1.807) is 48.5 Å². The molecule has 0 aliphatic carbocycles. The van der Waals surface area contributed by atoms with Gasteiger partial charge in [-0.2, -0.15) is 0 Å². The number of halogens is 4. The zero-order valence-corrected chi connectivity index (χ0v) is 23.5. The first-order valence-corrected chi connectivity index (χ1v) is 14.9. The Hall–Kier alpha value is -4.28. The second-order valence-electron chi connectivity index (χ2n) is 9.26. The van der Waals surface area contributed by atoms with Gasteiger partial charge in [0.1, 0.15) is 23.3 Å². The van der Waals surface area contributed by atoms with Gasteiger partial charge in [-0.3, -0.25) is 0 Å². The van der Waals surface area contributed by atoms with E-state index in [4.69, 9.17) is 9.97 Å². The number of aromatic amines is 2. The van der Waals surface area contributed by atoms with Gasteiger partial charge in [-0.25, -0.2) is 27.5 Å². The van der Waals surface area contributed by atoms with Gasteiger partial charge in [0.2, 0.25) is 0 Å². The Bertz CT molecular complexity index is 1540. The molecule has 6 aromatic rings. The molecule has 0 bridgehead atoms. The highest BCUT2D eigenvalue weighted by Crippen LogP contribution is 2.35. The van der Waals surface area contributed by atoms with Crippen LogP contribution in [0.4, 0.5) is 17.6 Å². The van der Waals surface area contributed by atoms with Gasteiger partial charge in [0.05, 0.1) is 22.8 Å². The van der Waals surface area contributed by atoms with Gasteiger partial charge in [0, 0.05) is 33.8 Å². The quantitative estimate of drug-likeness (QED) is 0.0984. The van der Waals surface area contributed by atoms with Crippen molar-refractivity contribution in [3.63, 3.8) is 0 Å². The minimum Gasteiger partial charge on any atom is -0.332 e. The fourth-order valence-electron chi connectivity index (χ4n) is 4.40. The molecule has 0 aliphatic heterocycles. The molecule has 42 heavy (non-hydrogen) atoms. The van der Waals surface area contributed by atoms with Crippen molar-refractivity contribution in [2.75, 3.05) is 11.5 Å². The van der Waals surface area contributed by atoms with E-state index in [1.165, 1.54) is 72.1 Å². The third kappa shape index (κ3) is 6.29. The van der Waals surface area contributed by atoms with Crippen LogP contribution in [0.25, 0.3) is 45.0 Å². The van der Waals surface area contributed by atoms with Gasteiger partial charge in [0.25, 0.3) is 0 Å². The molecule has 0 atom stereocenters. The zero-order valence-electron chi connectivity index (χ0n) is 21.9. The van der Waals surface area contributed by atoms with E-state index in [2.05, 4.69) is 9.97 Å². The summed E-state index contributed by atoms with van der Waals surface area (Å²) in [4.78, 5) is 16.2. The third-order valence-electron chi connectivity index (χ3n) is 6.43. The number of nitrogens with zero attached hydrogens (tertiary/aromatic N) is 2. The van der Waals surface area contributed by atoms with Crippen LogP contribution < -0.4 is 0 Å². The summed E-state index contributed by atoms with van der Waals surface area (Å²) in [5.74, 6) is 0.0115. The second-order valence-corrected chi connectivity index (χ2v) is 11.4. The highest BCUT2D eigenvalue weighted by molar-refractivity contribution is 8.02. The van der Waals surface area contributed by atoms with Crippen molar-refractivity contribution in [3.8, 4) is 45.0 Å². The average molecular weight is 603 g/mol. The Labute approximate surface area is 247 Å². The maximum atomic E-state index is 13.6. The Morgan fingerprint density at radius 3 is 1.02 bits per heavy atom. The molecule has 4 nitrogen and oxygen atoms in total. The molecule has 4 aromatic carbocycles. The van der Waals surface area contributed by atoms with Crippen molar-refractivity contribution in [3.05, 3.63) is 120 Å². The Morgan fingerprint density at radius 2 is 0.714 bits per heavy atom. The number of H-pyrrole nitrogens is 2. The van der Waals surface area contributed by atoms with Gasteiger partial charge < -0.3 is 9.97 Å². The molecule has 0 spiro atoms. The highest BCUT2D eigenvalue weighted by Gasteiger charge is 2.17. The van der Waals surface area contributed by atoms with E-state index in [9.17, 15) is 17.6 Å². The van der Waals surface area contributed by atoms with Crippen molar-refractivity contribution >= 4 is 23.5 Å². The minimum atomic E-state index is -0.340. The van der Waals surface area contributed by atoms with Crippen LogP contribution in [-0.4, -0.2) is 31.4 Å². The summed E-state index contributed by atoms with van der Waals surface area (Å²) in [5.41, 5.74) is 5.75. The number of imidazole rings is 2. The molecule has 0 saturated carbocycles. The summed E-state index contributed by atoms with van der Waals surface area (Å²) in [5, 5.41) is 1.35. The molecular formula is C32H22F4N4S2. The van der Waals surface area contributed by atoms with Gasteiger partial charge in [-0.15, -0.1) is 0 Å². The monoisotopic (exact) mass is 602 g/mol. The minimum absolute atomic E-state index is 0.337. The molecule has 0 aliphatic rings. The molecule has 2 aromatic heterocycles. The topological polar surface area (TPSA) is 57.4 Å². The summed E-state index contributed by atoms with van der Waals surface area (Å²) in [6.07, 6.45) is 0. The number of hydrogen-bond donors (Lipinski definition) is 2. The lowest BCUT2D eigenvalue weighted by Crippen LogP contribution is -1.87. The number of benzene rings is 4. The van der Waals surface area contributed by atoms with Crippen molar-refractivity contribution in [1.82, 2.24) is 19.9 Å². The molecule has 2 N–H and O–H groups in total. The molecule has 10 heteroatoms. The lowest BCUT2D eigenvalue weighted by atomic mass is 10.1. The molecule has 0 amide bonds. The summed E-state index contributed by atoms with van der Waals surface area (Å²) in [7, 11) is 0. The van der Waals surface area contributed by atoms with E-state index in [0.717, 1.165) is 33.6 Å². The number of nitrogens with one attached hydrogen (secondary N) is 2. The van der Waals surface area contributed by atoms with Gasteiger partial charge in [-0.1, -0.05) is 23.5 Å². The van der Waals surface area contributed by atoms with E-state index >= 15 is 0 Å². The number of thioether (sulfide) groups is 2. The first-order chi connectivity index (χ1) is 20.4. The van der Waals surface area contributed by atoms with Crippen LogP contribution in [0.15, 0.2) is 107 Å². The van der Waals surface area contributed by atoms with Gasteiger partial charge >= 0.3 is 0 Å². The summed E-state index contributed by atoms with van der Waals surface area (Å²) in [6, 6.07) is 24.4. The zero-order chi connectivity index (χ0) is 29.1. The van der Waals surface area contributed by atoms with E-state index in [0.29, 0.717) is 33.2 Å². The van der Waals surface area contributed by atoms with Crippen molar-refractivity contribution in [2.24, 2.45) is 0 Å². The van der Waals surface area contributed by atoms with Crippen LogP contribution in [0.2, 0.25) is 0 Å². The smallest absolute Gasteiger partial charge is 0.166 e. The van der Waals surface area contributed by atoms with Crippen LogP contribution in [-0.2, 0) is 0 Å². The van der Waals surface area contributed by atoms with E-state index in [-0.39, 0.29) is 23.3 Å². The van der Waals surface area contributed by atoms with E-state index in [1.807, 2.05) is 0 Å². The van der Waals surface area contributed by atoms with Crippen molar-refractivity contribution in [1.29, 1.82) is 0 Å². The van der Waals surface area contributed by atoms with Crippen LogP contribution in [0, 0.1) is 23.3 Å². The number of rotatable bonds is 9. The molecule has 0 radical (unpaired) electrons. The number of aromatic nitrogens is 4. The maximum absolute atomic E-state index is 13.6. The number of hydrogen-bond acceptors (Lipinski definition) is 4. The van der Waals surface area contributed by atoms with Crippen molar-refractivity contribution in [2.45, 2.75) is 10.3 Å². The fraction of sp³-hybridized carbons (Fsp3) is 0.0625. The average Bonchev–Trinajstić information content (AvgIpc) is 3.62. The lowest BCUT2D eigenvalue weighted by Gasteiger charge is -2.03. The Morgan fingerprint density at radius 1 is 0.429 bits per heavy atom. The Balaban J connectivity index is 1.20. The first-order valence-electron chi connectivity index (χ1n) is 12.9. The van der Waals surface area contributed by atoms with Gasteiger partial charge in [-0.05, 0) is 97.1 Å². The summed E-state index contributed by atoms with van der Waals surface area (Å²) < 4.78 is 54.2. The molecule has 0 saturated heterocycles.